The molecule has 3 amide bonds. The van der Waals surface area contributed by atoms with E-state index in [-0.39, 0.29) is 42.6 Å². The molecule has 1 aliphatic heterocycles. The van der Waals surface area contributed by atoms with Gasteiger partial charge >= 0.3 is 5.97 Å². The molecule has 4 atom stereocenters. The van der Waals surface area contributed by atoms with Crippen molar-refractivity contribution in [3.05, 3.63) is 41.5 Å². The number of rotatable bonds is 5. The predicted octanol–water partition coefficient (Wildman–Crippen LogP) is 2.71. The molecular weight excluding hydrogens is 500 g/mol. The highest BCUT2D eigenvalue weighted by Crippen LogP contribution is 2.22. The summed E-state index contributed by atoms with van der Waals surface area (Å²) in [5, 5.41) is 15.4. The van der Waals surface area contributed by atoms with Gasteiger partial charge in [0.25, 0.3) is 0 Å². The summed E-state index contributed by atoms with van der Waals surface area (Å²) in [4.78, 5) is 53.3. The van der Waals surface area contributed by atoms with Crippen LogP contribution in [0.15, 0.2) is 35.9 Å². The lowest BCUT2D eigenvalue weighted by Gasteiger charge is -2.26. The van der Waals surface area contributed by atoms with Crippen LogP contribution in [-0.2, 0) is 23.9 Å². The van der Waals surface area contributed by atoms with Gasteiger partial charge in [0.15, 0.2) is 0 Å². The van der Waals surface area contributed by atoms with Gasteiger partial charge < -0.3 is 31.1 Å². The first-order valence-corrected chi connectivity index (χ1v) is 13.7. The normalized spacial score (nSPS) is 26.3. The Labute approximate surface area is 231 Å². The van der Waals surface area contributed by atoms with Crippen LogP contribution >= 0.6 is 0 Å². The molecule has 0 radical (unpaired) electrons. The van der Waals surface area contributed by atoms with Crippen molar-refractivity contribution in [2.45, 2.75) is 83.9 Å². The summed E-state index contributed by atoms with van der Waals surface area (Å²) in [7, 11) is 1.51. The average molecular weight is 545 g/mol. The number of aromatic hydroxyl groups is 1. The quantitative estimate of drug-likeness (QED) is 0.253. The largest absolute Gasteiger partial charge is 0.508 e. The Balaban J connectivity index is 2.31. The third kappa shape index (κ3) is 11.1. The molecule has 0 spiro atoms. The van der Waals surface area contributed by atoms with Crippen molar-refractivity contribution in [1.29, 1.82) is 0 Å². The Hall–Kier alpha value is -3.40. The number of cyclic esters (lactones) is 1. The number of amides is 3. The lowest BCUT2D eigenvalue weighted by molar-refractivity contribution is -0.149. The third-order valence-electron chi connectivity index (χ3n) is 6.79. The number of nitrogens with zero attached hydrogens (tertiary/aromatic N) is 1. The number of likely N-dealkylation sites (N-methyl/N-ethyl adjacent to an activating group) is 1. The van der Waals surface area contributed by atoms with Gasteiger partial charge in [0.2, 0.25) is 17.7 Å². The lowest BCUT2D eigenvalue weighted by Crippen LogP contribution is -2.51. The van der Waals surface area contributed by atoms with Crippen molar-refractivity contribution >= 4 is 23.7 Å². The van der Waals surface area contributed by atoms with Gasteiger partial charge in [-0.15, -0.1) is 0 Å². The molecule has 1 aliphatic rings. The SMILES string of the molecule is C/C1=C\CC[C@H](C)OC(=O)C[C@H](c2ccc(O)cc2)NC(=O)CN(C)C(=O)[C@H](CCCCN)NC(=O)[C@@H](C)C1. The minimum Gasteiger partial charge on any atom is -0.508 e. The van der Waals surface area contributed by atoms with Crippen LogP contribution in [0.5, 0.6) is 5.75 Å². The highest BCUT2D eigenvalue weighted by Gasteiger charge is 2.28. The van der Waals surface area contributed by atoms with E-state index in [1.54, 1.807) is 12.1 Å². The molecule has 0 aliphatic carbocycles. The maximum Gasteiger partial charge on any atom is 0.308 e. The van der Waals surface area contributed by atoms with E-state index >= 15 is 0 Å². The number of allylic oxidation sites excluding steroid dienone is 2. The molecule has 10 nitrogen and oxygen atoms in total. The summed E-state index contributed by atoms with van der Waals surface area (Å²) in [6.07, 6.45) is 5.21. The molecule has 39 heavy (non-hydrogen) atoms. The molecule has 1 aromatic rings. The van der Waals surface area contributed by atoms with E-state index in [2.05, 4.69) is 10.6 Å². The van der Waals surface area contributed by atoms with Crippen molar-refractivity contribution in [3.8, 4) is 5.75 Å². The number of phenols is 1. The van der Waals surface area contributed by atoms with Crippen molar-refractivity contribution in [2.24, 2.45) is 11.7 Å². The standard InChI is InChI=1S/C29H44N4O6/c1-19-8-7-9-21(3)39-27(36)17-25(22-11-13-23(34)14-12-22)31-26(35)18-33(4)29(38)24(10-5-6-15-30)32-28(37)20(2)16-19/h8,11-14,20-21,24-25,34H,5-7,9-10,15-18,30H2,1-4H3,(H,31,35)(H,32,37)/b19-8+/t20-,21-,24-,25+/m0/s1. The number of carbonyl (C=O) groups excluding carboxylic acids is 4. The van der Waals surface area contributed by atoms with Gasteiger partial charge in [-0.3, -0.25) is 19.2 Å². The number of hydrogen-bond donors (Lipinski definition) is 4. The number of phenolic OH excluding ortho intramolecular Hbond substituents is 1. The molecule has 0 saturated carbocycles. The number of nitrogens with one attached hydrogen (secondary N) is 2. The Morgan fingerprint density at radius 2 is 1.74 bits per heavy atom. The summed E-state index contributed by atoms with van der Waals surface area (Å²) < 4.78 is 5.59. The van der Waals surface area contributed by atoms with Crippen molar-refractivity contribution < 1.29 is 29.0 Å². The molecule has 0 fully saturated rings. The van der Waals surface area contributed by atoms with Crippen LogP contribution < -0.4 is 16.4 Å². The van der Waals surface area contributed by atoms with Crippen LogP contribution in [0.2, 0.25) is 0 Å². The zero-order chi connectivity index (χ0) is 28.9. The van der Waals surface area contributed by atoms with Gasteiger partial charge in [-0.1, -0.05) is 30.7 Å². The number of benzene rings is 1. The van der Waals surface area contributed by atoms with E-state index in [0.29, 0.717) is 50.6 Å². The van der Waals surface area contributed by atoms with E-state index in [9.17, 15) is 24.3 Å². The molecule has 1 heterocycles. The minimum atomic E-state index is -0.778. The van der Waals surface area contributed by atoms with Gasteiger partial charge in [0, 0.05) is 13.0 Å². The highest BCUT2D eigenvalue weighted by atomic mass is 16.5. The number of carbonyl (C=O) groups is 4. The molecule has 10 heteroatoms. The van der Waals surface area contributed by atoms with Crippen molar-refractivity contribution in [1.82, 2.24) is 15.5 Å². The predicted molar refractivity (Wildman–Crippen MR) is 148 cm³/mol. The van der Waals surface area contributed by atoms with Crippen LogP contribution in [0.1, 0.15) is 77.3 Å². The Bertz CT molecular complexity index is 1010. The molecule has 0 bridgehead atoms. The zero-order valence-corrected chi connectivity index (χ0v) is 23.6. The third-order valence-corrected chi connectivity index (χ3v) is 6.79. The molecule has 0 aromatic heterocycles. The summed E-state index contributed by atoms with van der Waals surface area (Å²) in [6, 6.07) is 4.71. The Kier molecular flexibility index (Phi) is 13.0. The van der Waals surface area contributed by atoms with Gasteiger partial charge in [0.1, 0.15) is 11.8 Å². The number of unbranched alkanes of at least 4 members (excludes halogenated alkanes) is 1. The first-order chi connectivity index (χ1) is 18.5. The number of esters is 1. The maximum atomic E-state index is 13.3. The van der Waals surface area contributed by atoms with Gasteiger partial charge in [0.05, 0.1) is 25.1 Å². The van der Waals surface area contributed by atoms with Crippen molar-refractivity contribution in [3.63, 3.8) is 0 Å². The second kappa shape index (κ2) is 15.9. The molecule has 216 valence electrons. The second-order valence-electron chi connectivity index (χ2n) is 10.5. The fourth-order valence-corrected chi connectivity index (χ4v) is 4.54. The first-order valence-electron chi connectivity index (χ1n) is 13.7. The van der Waals surface area contributed by atoms with E-state index in [1.165, 1.54) is 24.1 Å². The highest BCUT2D eigenvalue weighted by molar-refractivity contribution is 5.91. The average Bonchev–Trinajstić information content (AvgIpc) is 2.87. The number of ether oxygens (including phenoxy) is 1. The molecule has 2 rings (SSSR count). The monoisotopic (exact) mass is 544 g/mol. The van der Waals surface area contributed by atoms with Gasteiger partial charge in [-0.25, -0.2) is 0 Å². The minimum absolute atomic E-state index is 0.0584. The number of nitrogens with two attached hydrogens (primary N) is 1. The molecule has 0 unspecified atom stereocenters. The second-order valence-corrected chi connectivity index (χ2v) is 10.5. The molecule has 0 saturated heterocycles. The summed E-state index contributed by atoms with van der Waals surface area (Å²) >= 11 is 0. The van der Waals surface area contributed by atoms with Crippen LogP contribution in [0.3, 0.4) is 0 Å². The smallest absolute Gasteiger partial charge is 0.308 e. The van der Waals surface area contributed by atoms with Crippen LogP contribution in [0, 0.1) is 5.92 Å². The topological polar surface area (TPSA) is 151 Å². The van der Waals surface area contributed by atoms with Crippen molar-refractivity contribution in [2.75, 3.05) is 20.1 Å². The van der Waals surface area contributed by atoms with Gasteiger partial charge in [-0.2, -0.15) is 0 Å². The Morgan fingerprint density at radius 3 is 2.41 bits per heavy atom. The van der Waals surface area contributed by atoms with E-state index in [1.807, 2.05) is 26.8 Å². The van der Waals surface area contributed by atoms with E-state index < -0.39 is 24.0 Å². The lowest BCUT2D eigenvalue weighted by atomic mass is 9.99. The summed E-state index contributed by atoms with van der Waals surface area (Å²) in [6.45, 7) is 5.81. The molecular formula is C29H44N4O6. The van der Waals surface area contributed by atoms with Crippen LogP contribution in [-0.4, -0.2) is 66.0 Å². The van der Waals surface area contributed by atoms with E-state index in [0.717, 1.165) is 5.57 Å². The molecule has 5 N–H and O–H groups in total. The van der Waals surface area contributed by atoms with E-state index in [4.69, 9.17) is 10.5 Å². The fourth-order valence-electron chi connectivity index (χ4n) is 4.54. The molecule has 1 aromatic carbocycles. The zero-order valence-electron chi connectivity index (χ0n) is 23.6. The fraction of sp³-hybridized carbons (Fsp3) is 0.586. The summed E-state index contributed by atoms with van der Waals surface area (Å²) in [5.74, 6) is -1.82. The maximum absolute atomic E-state index is 13.3. The van der Waals surface area contributed by atoms with Gasteiger partial charge in [-0.05, 0) is 76.6 Å². The van der Waals surface area contributed by atoms with Crippen LogP contribution in [0.25, 0.3) is 0 Å². The Morgan fingerprint density at radius 1 is 1.05 bits per heavy atom. The summed E-state index contributed by atoms with van der Waals surface area (Å²) in [5.41, 5.74) is 7.28. The first kappa shape index (κ1) is 31.8. The van der Waals surface area contributed by atoms with Crippen LogP contribution in [0.4, 0.5) is 0 Å². The number of hydrogen-bond acceptors (Lipinski definition) is 7.